The first-order valence-corrected chi connectivity index (χ1v) is 10.1. The molecule has 30 heavy (non-hydrogen) atoms. The molecule has 1 saturated heterocycles. The van der Waals surface area contributed by atoms with Crippen LogP contribution >= 0.6 is 0 Å². The monoisotopic (exact) mass is 404 g/mol. The summed E-state index contributed by atoms with van der Waals surface area (Å²) >= 11 is 0. The number of carbonyl (C=O) groups is 3. The summed E-state index contributed by atoms with van der Waals surface area (Å²) in [6.07, 6.45) is 2.33. The molecule has 2 aromatic carbocycles. The van der Waals surface area contributed by atoms with E-state index in [0.717, 1.165) is 22.2 Å². The molecule has 1 atom stereocenters. The van der Waals surface area contributed by atoms with Crippen molar-refractivity contribution in [2.24, 2.45) is 5.92 Å². The molecule has 0 aliphatic carbocycles. The van der Waals surface area contributed by atoms with Crippen LogP contribution in [-0.2, 0) is 20.8 Å². The van der Waals surface area contributed by atoms with E-state index in [4.69, 9.17) is 0 Å². The zero-order valence-electron chi connectivity index (χ0n) is 16.6. The fraction of sp³-hybridized carbons (Fsp3) is 0.261. The van der Waals surface area contributed by atoms with Crippen molar-refractivity contribution in [2.45, 2.75) is 12.8 Å². The van der Waals surface area contributed by atoms with Gasteiger partial charge in [-0.3, -0.25) is 14.4 Å². The van der Waals surface area contributed by atoms with Crippen molar-refractivity contribution in [1.29, 1.82) is 0 Å². The number of nitrogens with zero attached hydrogens (tertiary/aromatic N) is 1. The first-order chi connectivity index (χ1) is 14.6. The van der Waals surface area contributed by atoms with Crippen molar-refractivity contribution in [2.75, 3.05) is 24.5 Å². The van der Waals surface area contributed by atoms with Crippen molar-refractivity contribution in [3.8, 4) is 0 Å². The number of hydrogen-bond acceptors (Lipinski definition) is 3. The van der Waals surface area contributed by atoms with E-state index >= 15 is 0 Å². The summed E-state index contributed by atoms with van der Waals surface area (Å²) in [5.74, 6) is -0.680. The van der Waals surface area contributed by atoms with E-state index in [-0.39, 0.29) is 36.5 Å². The maximum Gasteiger partial charge on any atom is 0.227 e. The van der Waals surface area contributed by atoms with E-state index in [2.05, 4.69) is 15.6 Å². The van der Waals surface area contributed by atoms with Crippen LogP contribution in [0.4, 0.5) is 5.69 Å². The van der Waals surface area contributed by atoms with E-state index in [9.17, 15) is 14.4 Å². The average Bonchev–Trinajstić information content (AvgIpc) is 3.35. The third kappa shape index (κ3) is 4.35. The molecule has 1 aliphatic rings. The zero-order chi connectivity index (χ0) is 20.9. The molecule has 0 unspecified atom stereocenters. The van der Waals surface area contributed by atoms with Crippen molar-refractivity contribution in [1.82, 2.24) is 15.6 Å². The Balaban J connectivity index is 1.20. The van der Waals surface area contributed by atoms with Crippen LogP contribution in [0.1, 0.15) is 12.0 Å². The SMILES string of the molecule is O=C(Cc1c[nH]c2ccccc12)NCCNC(=O)[C@H]1CC(=O)N(c2ccccc2)C1. The number of nitrogens with one attached hydrogen (secondary N) is 3. The molecule has 4 rings (SSSR count). The lowest BCUT2D eigenvalue weighted by Crippen LogP contribution is -2.38. The van der Waals surface area contributed by atoms with Gasteiger partial charge in [0.2, 0.25) is 17.7 Å². The molecule has 3 aromatic rings. The van der Waals surface area contributed by atoms with Gasteiger partial charge in [-0.25, -0.2) is 0 Å². The van der Waals surface area contributed by atoms with Crippen LogP contribution in [0.25, 0.3) is 10.9 Å². The molecule has 1 aliphatic heterocycles. The molecular formula is C23H24N4O3. The largest absolute Gasteiger partial charge is 0.361 e. The van der Waals surface area contributed by atoms with Crippen LogP contribution in [0, 0.1) is 5.92 Å². The Labute approximate surface area is 174 Å². The van der Waals surface area contributed by atoms with Crippen LogP contribution in [0.15, 0.2) is 60.8 Å². The number of rotatable bonds is 7. The second-order valence-corrected chi connectivity index (χ2v) is 7.42. The molecule has 3 N–H and O–H groups in total. The second-order valence-electron chi connectivity index (χ2n) is 7.42. The number of amides is 3. The quantitative estimate of drug-likeness (QED) is 0.526. The lowest BCUT2D eigenvalue weighted by Gasteiger charge is -2.16. The second kappa shape index (κ2) is 8.82. The summed E-state index contributed by atoms with van der Waals surface area (Å²) in [6, 6.07) is 17.2. The van der Waals surface area contributed by atoms with Crippen LogP contribution in [0.3, 0.4) is 0 Å². The van der Waals surface area contributed by atoms with Crippen LogP contribution in [0.2, 0.25) is 0 Å². The van der Waals surface area contributed by atoms with Gasteiger partial charge in [-0.2, -0.15) is 0 Å². The highest BCUT2D eigenvalue weighted by atomic mass is 16.2. The first-order valence-electron chi connectivity index (χ1n) is 10.1. The van der Waals surface area contributed by atoms with Crippen LogP contribution in [0.5, 0.6) is 0 Å². The van der Waals surface area contributed by atoms with Crippen molar-refractivity contribution < 1.29 is 14.4 Å². The van der Waals surface area contributed by atoms with Gasteiger partial charge in [-0.15, -0.1) is 0 Å². The average molecular weight is 404 g/mol. The minimum Gasteiger partial charge on any atom is -0.361 e. The number of aromatic amines is 1. The van der Waals surface area contributed by atoms with E-state index in [0.29, 0.717) is 19.6 Å². The number of H-pyrrole nitrogens is 1. The van der Waals surface area contributed by atoms with Gasteiger partial charge in [0.15, 0.2) is 0 Å². The number of carbonyl (C=O) groups excluding carboxylic acids is 3. The summed E-state index contributed by atoms with van der Waals surface area (Å²) < 4.78 is 0. The highest BCUT2D eigenvalue weighted by Gasteiger charge is 2.34. The maximum absolute atomic E-state index is 12.4. The predicted octanol–water partition coefficient (Wildman–Crippen LogP) is 2.00. The van der Waals surface area contributed by atoms with Gasteiger partial charge in [0.25, 0.3) is 0 Å². The molecule has 1 aromatic heterocycles. The van der Waals surface area contributed by atoms with Gasteiger partial charge in [-0.1, -0.05) is 36.4 Å². The number of benzene rings is 2. The summed E-state index contributed by atoms with van der Waals surface area (Å²) in [5, 5.41) is 6.69. The van der Waals surface area contributed by atoms with E-state index in [1.54, 1.807) is 4.90 Å². The fourth-order valence-corrected chi connectivity index (χ4v) is 3.79. The summed E-state index contributed by atoms with van der Waals surface area (Å²) in [7, 11) is 0. The number of fused-ring (bicyclic) bond motifs is 1. The molecule has 3 amide bonds. The molecular weight excluding hydrogens is 380 g/mol. The van der Waals surface area contributed by atoms with Gasteiger partial charge >= 0.3 is 0 Å². The number of anilines is 1. The standard InChI is InChI=1S/C23H24N4O3/c28-21(12-16-14-26-20-9-5-4-8-19(16)20)24-10-11-25-23(30)17-13-22(29)27(15-17)18-6-2-1-3-7-18/h1-9,14,17,26H,10-13,15H2,(H,24,28)(H,25,30)/t17-/m0/s1. The molecule has 0 radical (unpaired) electrons. The fourth-order valence-electron chi connectivity index (χ4n) is 3.79. The summed E-state index contributed by atoms with van der Waals surface area (Å²) in [4.78, 5) is 41.7. The predicted molar refractivity (Wildman–Crippen MR) is 115 cm³/mol. The molecule has 0 spiro atoms. The minimum absolute atomic E-state index is 0.0478. The maximum atomic E-state index is 12.4. The smallest absolute Gasteiger partial charge is 0.227 e. The molecule has 0 bridgehead atoms. The third-order valence-corrected chi connectivity index (χ3v) is 5.34. The third-order valence-electron chi connectivity index (χ3n) is 5.34. The number of para-hydroxylation sites is 2. The lowest BCUT2D eigenvalue weighted by molar-refractivity contribution is -0.126. The van der Waals surface area contributed by atoms with Crippen LogP contribution < -0.4 is 15.5 Å². The Morgan fingerprint density at radius 3 is 2.57 bits per heavy atom. The molecule has 2 heterocycles. The van der Waals surface area contributed by atoms with Gasteiger partial charge in [0, 0.05) is 48.8 Å². The van der Waals surface area contributed by atoms with Gasteiger partial charge in [0.05, 0.1) is 12.3 Å². The van der Waals surface area contributed by atoms with Gasteiger partial charge in [-0.05, 0) is 23.8 Å². The normalized spacial score (nSPS) is 16.1. The van der Waals surface area contributed by atoms with Gasteiger partial charge in [0.1, 0.15) is 0 Å². The number of hydrogen-bond donors (Lipinski definition) is 3. The van der Waals surface area contributed by atoms with Crippen molar-refractivity contribution in [3.05, 3.63) is 66.4 Å². The minimum atomic E-state index is -0.375. The lowest BCUT2D eigenvalue weighted by atomic mass is 10.1. The molecule has 1 fully saturated rings. The van der Waals surface area contributed by atoms with E-state index < -0.39 is 0 Å². The molecule has 7 nitrogen and oxygen atoms in total. The highest BCUT2D eigenvalue weighted by molar-refractivity contribution is 6.00. The van der Waals surface area contributed by atoms with E-state index in [1.165, 1.54) is 0 Å². The Bertz CT molecular complexity index is 1060. The molecule has 0 saturated carbocycles. The Morgan fingerprint density at radius 1 is 1.00 bits per heavy atom. The van der Waals surface area contributed by atoms with Crippen LogP contribution in [-0.4, -0.2) is 42.3 Å². The zero-order valence-corrected chi connectivity index (χ0v) is 16.6. The highest BCUT2D eigenvalue weighted by Crippen LogP contribution is 2.24. The van der Waals surface area contributed by atoms with E-state index in [1.807, 2.05) is 60.8 Å². The Hall–Kier alpha value is -3.61. The number of aromatic nitrogens is 1. The molecule has 7 heteroatoms. The molecule has 154 valence electrons. The van der Waals surface area contributed by atoms with Crippen molar-refractivity contribution >= 4 is 34.3 Å². The first kappa shape index (κ1) is 19.7. The Morgan fingerprint density at radius 2 is 1.73 bits per heavy atom. The van der Waals surface area contributed by atoms with Crippen molar-refractivity contribution in [3.63, 3.8) is 0 Å². The summed E-state index contributed by atoms with van der Waals surface area (Å²) in [6.45, 7) is 1.05. The summed E-state index contributed by atoms with van der Waals surface area (Å²) in [5.41, 5.74) is 2.75. The Kier molecular flexibility index (Phi) is 5.79. The van der Waals surface area contributed by atoms with Gasteiger partial charge < -0.3 is 20.5 Å². The topological polar surface area (TPSA) is 94.3 Å².